The maximum Gasteiger partial charge on any atom is 0.490 e. The molecule has 1 fully saturated rings. The summed E-state index contributed by atoms with van der Waals surface area (Å²) in [4.78, 5) is 21.0. The average Bonchev–Trinajstić information content (AvgIpc) is 3.33. The molecule has 1 atom stereocenters. The molecule has 2 aliphatic rings. The second kappa shape index (κ2) is 8.86. The maximum absolute atomic E-state index is 12.2. The van der Waals surface area contributed by atoms with Crippen LogP contribution in [-0.4, -0.2) is 27.9 Å². The second-order valence-electron chi connectivity index (χ2n) is 7.45. The fourth-order valence-corrected chi connectivity index (χ4v) is 3.41. The number of carboxylic acid groups (broad SMARTS) is 1. The summed E-state index contributed by atoms with van der Waals surface area (Å²) in [6, 6.07) is 6.26. The Kier molecular flexibility index (Phi) is 6.46. The summed E-state index contributed by atoms with van der Waals surface area (Å²) in [5.41, 5.74) is 3.98. The van der Waals surface area contributed by atoms with Gasteiger partial charge in [0, 0.05) is 36.5 Å². The fourth-order valence-electron chi connectivity index (χ4n) is 3.41. The van der Waals surface area contributed by atoms with E-state index in [2.05, 4.69) is 5.32 Å². The van der Waals surface area contributed by atoms with Crippen LogP contribution in [0, 0.1) is 5.92 Å². The van der Waals surface area contributed by atoms with Gasteiger partial charge in [-0.05, 0) is 49.7 Å². The number of halogens is 3. The molecule has 1 saturated carbocycles. The molecule has 2 aliphatic carbocycles. The van der Waals surface area contributed by atoms with Gasteiger partial charge >= 0.3 is 12.1 Å². The van der Waals surface area contributed by atoms with E-state index in [0.717, 1.165) is 38.3 Å². The number of nitrogens with zero attached hydrogens (tertiary/aromatic N) is 1. The van der Waals surface area contributed by atoms with Crippen LogP contribution in [0.5, 0.6) is 0 Å². The maximum atomic E-state index is 12.2. The quantitative estimate of drug-likeness (QED) is 0.788. The highest BCUT2D eigenvalue weighted by Crippen LogP contribution is 2.31. The van der Waals surface area contributed by atoms with Gasteiger partial charge in [0.25, 0.3) is 5.56 Å². The molecule has 0 amide bonds. The molecule has 158 valence electrons. The Morgan fingerprint density at radius 1 is 1.24 bits per heavy atom. The number of rotatable bonds is 5. The highest BCUT2D eigenvalue weighted by molar-refractivity contribution is 5.73. The topological polar surface area (TPSA) is 84.5 Å². The summed E-state index contributed by atoms with van der Waals surface area (Å²) in [5, 5.41) is 10.7. The van der Waals surface area contributed by atoms with Crippen LogP contribution in [0.25, 0.3) is 0 Å². The van der Waals surface area contributed by atoms with Crippen LogP contribution in [-0.2, 0) is 30.7 Å². The lowest BCUT2D eigenvalue weighted by atomic mass is 9.91. The Balaban J connectivity index is 0.000000298. The zero-order valence-corrected chi connectivity index (χ0v) is 15.7. The van der Waals surface area contributed by atoms with Crippen LogP contribution in [0.1, 0.15) is 36.1 Å². The third kappa shape index (κ3) is 5.96. The number of furan rings is 1. The Morgan fingerprint density at radius 3 is 2.55 bits per heavy atom. The van der Waals surface area contributed by atoms with Crippen LogP contribution in [0.3, 0.4) is 0 Å². The third-order valence-electron chi connectivity index (χ3n) is 5.14. The number of hydrogen-bond donors (Lipinski definition) is 2. The number of carboxylic acids is 1. The summed E-state index contributed by atoms with van der Waals surface area (Å²) in [7, 11) is 0. The van der Waals surface area contributed by atoms with Crippen molar-refractivity contribution in [2.24, 2.45) is 5.92 Å². The van der Waals surface area contributed by atoms with E-state index in [1.165, 1.54) is 29.7 Å². The van der Waals surface area contributed by atoms with Crippen molar-refractivity contribution in [3.8, 4) is 0 Å². The smallest absolute Gasteiger partial charge is 0.475 e. The first-order valence-electron chi connectivity index (χ1n) is 9.50. The Morgan fingerprint density at radius 2 is 1.97 bits per heavy atom. The molecule has 0 bridgehead atoms. The van der Waals surface area contributed by atoms with Crippen LogP contribution >= 0.6 is 0 Å². The van der Waals surface area contributed by atoms with E-state index in [4.69, 9.17) is 14.3 Å². The van der Waals surface area contributed by atoms with Crippen molar-refractivity contribution in [2.75, 3.05) is 0 Å². The average molecular weight is 412 g/mol. The number of hydrogen-bond acceptors (Lipinski definition) is 4. The predicted molar refractivity (Wildman–Crippen MR) is 98.5 cm³/mol. The molecule has 6 nitrogen and oxygen atoms in total. The Labute approximate surface area is 165 Å². The van der Waals surface area contributed by atoms with Crippen molar-refractivity contribution in [1.29, 1.82) is 0 Å². The molecule has 0 saturated heterocycles. The number of aromatic nitrogens is 1. The summed E-state index contributed by atoms with van der Waals surface area (Å²) in [6.45, 7) is 1.77. The van der Waals surface area contributed by atoms with Crippen molar-refractivity contribution in [2.45, 2.75) is 57.4 Å². The third-order valence-corrected chi connectivity index (χ3v) is 5.14. The van der Waals surface area contributed by atoms with E-state index in [1.54, 1.807) is 18.6 Å². The minimum Gasteiger partial charge on any atom is -0.475 e. The van der Waals surface area contributed by atoms with Gasteiger partial charge in [0.1, 0.15) is 0 Å². The molecule has 1 unspecified atom stereocenters. The van der Waals surface area contributed by atoms with Crippen molar-refractivity contribution in [3.05, 3.63) is 57.9 Å². The minimum atomic E-state index is -5.08. The highest BCUT2D eigenvalue weighted by Gasteiger charge is 2.38. The molecule has 2 aromatic heterocycles. The zero-order chi connectivity index (χ0) is 21.0. The van der Waals surface area contributed by atoms with Crippen molar-refractivity contribution in [1.82, 2.24) is 9.88 Å². The van der Waals surface area contributed by atoms with Gasteiger partial charge in [-0.25, -0.2) is 4.79 Å². The predicted octanol–water partition coefficient (Wildman–Crippen LogP) is 3.13. The first kappa shape index (κ1) is 21.2. The van der Waals surface area contributed by atoms with Gasteiger partial charge in [-0.2, -0.15) is 13.2 Å². The van der Waals surface area contributed by atoms with Crippen LogP contribution < -0.4 is 10.9 Å². The molecule has 2 N–H and O–H groups in total. The summed E-state index contributed by atoms with van der Waals surface area (Å²) >= 11 is 0. The molecule has 0 spiro atoms. The fraction of sp³-hybridized carbons (Fsp3) is 0.500. The standard InChI is InChI=1S/C18H22N2O2.C2HF3O2/c21-18-6-3-15-9-16(19-10-14-7-8-22-12-14)4-5-17(15)20(18)11-13-1-2-13;3-2(4,5)1(6)7/h3,6-8,12-13,16,19H,1-2,4-5,9-11H2;(H,6,7). The molecule has 2 aromatic rings. The number of pyridine rings is 1. The van der Waals surface area contributed by atoms with Gasteiger partial charge in [0.05, 0.1) is 12.5 Å². The van der Waals surface area contributed by atoms with Crippen molar-refractivity contribution < 1.29 is 27.5 Å². The zero-order valence-electron chi connectivity index (χ0n) is 15.7. The van der Waals surface area contributed by atoms with Crippen LogP contribution in [0.2, 0.25) is 0 Å². The summed E-state index contributed by atoms with van der Waals surface area (Å²) in [6.07, 6.45) is 4.09. The summed E-state index contributed by atoms with van der Waals surface area (Å²) < 4.78 is 38.9. The molecule has 2 heterocycles. The Bertz CT molecular complexity index is 886. The number of nitrogens with one attached hydrogen (secondary N) is 1. The van der Waals surface area contributed by atoms with Crippen LogP contribution in [0.4, 0.5) is 13.2 Å². The van der Waals surface area contributed by atoms with Crippen LogP contribution in [0.15, 0.2) is 39.9 Å². The van der Waals surface area contributed by atoms with Crippen molar-refractivity contribution in [3.63, 3.8) is 0 Å². The van der Waals surface area contributed by atoms with E-state index in [9.17, 15) is 18.0 Å². The molecule has 9 heteroatoms. The SMILES string of the molecule is O=C(O)C(F)(F)F.O=c1ccc2c(n1CC1CC1)CCC(NCc1ccoc1)C2. The van der Waals surface area contributed by atoms with Crippen molar-refractivity contribution >= 4 is 5.97 Å². The van der Waals surface area contributed by atoms with Gasteiger partial charge in [0.2, 0.25) is 0 Å². The Hall–Kier alpha value is -2.55. The van der Waals surface area contributed by atoms with Gasteiger partial charge in [-0.15, -0.1) is 0 Å². The molecule has 4 rings (SSSR count). The number of fused-ring (bicyclic) bond motifs is 1. The largest absolute Gasteiger partial charge is 0.490 e. The number of alkyl halides is 3. The number of aliphatic carboxylic acids is 1. The molecule has 0 radical (unpaired) electrons. The van der Waals surface area contributed by atoms with E-state index < -0.39 is 12.1 Å². The lowest BCUT2D eigenvalue weighted by Crippen LogP contribution is -2.37. The first-order chi connectivity index (χ1) is 13.7. The van der Waals surface area contributed by atoms with Gasteiger partial charge in [0.15, 0.2) is 0 Å². The molecule has 0 aliphatic heterocycles. The first-order valence-corrected chi connectivity index (χ1v) is 9.50. The highest BCUT2D eigenvalue weighted by atomic mass is 19.4. The van der Waals surface area contributed by atoms with E-state index in [0.29, 0.717) is 6.04 Å². The van der Waals surface area contributed by atoms with E-state index >= 15 is 0 Å². The molecular weight excluding hydrogens is 389 g/mol. The lowest BCUT2D eigenvalue weighted by molar-refractivity contribution is -0.192. The normalized spacial score (nSPS) is 18.5. The minimum absolute atomic E-state index is 0.176. The monoisotopic (exact) mass is 412 g/mol. The molecule has 29 heavy (non-hydrogen) atoms. The molecule has 0 aromatic carbocycles. The van der Waals surface area contributed by atoms with E-state index in [1.807, 2.05) is 16.7 Å². The van der Waals surface area contributed by atoms with Gasteiger partial charge in [-0.1, -0.05) is 6.07 Å². The lowest BCUT2D eigenvalue weighted by Gasteiger charge is -2.27. The van der Waals surface area contributed by atoms with E-state index in [-0.39, 0.29) is 5.56 Å². The van der Waals surface area contributed by atoms with Gasteiger partial charge in [-0.3, -0.25) is 4.79 Å². The van der Waals surface area contributed by atoms with Gasteiger partial charge < -0.3 is 19.4 Å². The summed E-state index contributed by atoms with van der Waals surface area (Å²) in [5.74, 6) is -2.02. The molecular formula is C20H23F3N2O4. The number of carbonyl (C=O) groups is 1. The second-order valence-corrected chi connectivity index (χ2v) is 7.45.